The van der Waals surface area contributed by atoms with Crippen molar-refractivity contribution in [3.8, 4) is 5.75 Å². The number of esters is 1. The van der Waals surface area contributed by atoms with E-state index in [1.165, 1.54) is 79.9 Å². The predicted molar refractivity (Wildman–Crippen MR) is 130 cm³/mol. The minimum Gasteiger partial charge on any atom is -0.497 e. The lowest BCUT2D eigenvalue weighted by atomic mass is 10.1. The number of thioether (sulfide) groups is 1. The number of anilines is 1. The van der Waals surface area contributed by atoms with E-state index in [-0.39, 0.29) is 28.6 Å². The van der Waals surface area contributed by atoms with Gasteiger partial charge in [-0.2, -0.15) is 13.2 Å². The number of nitrogens with zero attached hydrogens (tertiary/aromatic N) is 1. The number of amides is 1. The molecule has 0 saturated heterocycles. The van der Waals surface area contributed by atoms with E-state index in [2.05, 4.69) is 4.74 Å². The van der Waals surface area contributed by atoms with Crippen LogP contribution in [0, 0.1) is 0 Å². The van der Waals surface area contributed by atoms with Gasteiger partial charge in [-0.25, -0.2) is 4.79 Å². The van der Waals surface area contributed by atoms with Crippen LogP contribution in [0.3, 0.4) is 0 Å². The number of halogens is 3. The Bertz CT molecular complexity index is 1260. The Morgan fingerprint density at radius 3 is 1.78 bits per heavy atom. The Hall–Kier alpha value is -4.05. The molecule has 0 aliphatic heterocycles. The molecule has 36 heavy (non-hydrogen) atoms. The van der Waals surface area contributed by atoms with Crippen molar-refractivity contribution < 1.29 is 37.0 Å². The second kappa shape index (κ2) is 11.6. The van der Waals surface area contributed by atoms with E-state index < -0.39 is 33.8 Å². The van der Waals surface area contributed by atoms with Gasteiger partial charge in [-0.3, -0.25) is 14.5 Å². The molecule has 1 amide bonds. The van der Waals surface area contributed by atoms with Crippen LogP contribution in [0.1, 0.15) is 20.7 Å². The Morgan fingerprint density at radius 2 is 1.31 bits per heavy atom. The van der Waals surface area contributed by atoms with Crippen LogP contribution >= 0.6 is 11.8 Å². The summed E-state index contributed by atoms with van der Waals surface area (Å²) in [4.78, 5) is 38.2. The Morgan fingerprint density at radius 1 is 0.778 bits per heavy atom. The summed E-state index contributed by atoms with van der Waals surface area (Å²) in [5, 5.41) is -0.834. The minimum atomic E-state index is -5.24. The summed E-state index contributed by atoms with van der Waals surface area (Å²) in [6.45, 7) is 0. The lowest BCUT2D eigenvalue weighted by Gasteiger charge is -2.29. The van der Waals surface area contributed by atoms with E-state index in [1.807, 2.05) is 0 Å². The molecule has 0 atom stereocenters. The molecule has 0 bridgehead atoms. The van der Waals surface area contributed by atoms with Crippen LogP contribution < -0.4 is 9.64 Å². The number of hydrogen-bond donors (Lipinski definition) is 0. The zero-order chi connectivity index (χ0) is 26.3. The predicted octanol–water partition coefficient (Wildman–Crippen LogP) is 5.86. The molecule has 0 spiro atoms. The molecule has 0 saturated carbocycles. The lowest BCUT2D eigenvalue weighted by molar-refractivity contribution is -0.136. The fourth-order valence-electron chi connectivity index (χ4n) is 3.15. The first-order valence-electron chi connectivity index (χ1n) is 10.4. The normalized spacial score (nSPS) is 11.8. The SMILES string of the molecule is COC(=O)/C(SC(=O)c1ccccc1)=C(/N(C(=O)c1ccccc1)c1ccc(OC)cc1)C(F)(F)F. The zero-order valence-electron chi connectivity index (χ0n) is 19.1. The molecule has 3 rings (SSSR count). The fraction of sp³-hybridized carbons (Fsp3) is 0.115. The molecule has 0 aliphatic rings. The first kappa shape index (κ1) is 26.6. The van der Waals surface area contributed by atoms with Gasteiger partial charge in [0.05, 0.1) is 14.2 Å². The monoisotopic (exact) mass is 515 g/mol. The number of methoxy groups -OCH3 is 2. The molecule has 0 unspecified atom stereocenters. The number of ether oxygens (including phenoxy) is 2. The van der Waals surface area contributed by atoms with Crippen molar-refractivity contribution >= 4 is 34.4 Å². The molecule has 3 aromatic carbocycles. The summed E-state index contributed by atoms with van der Waals surface area (Å²) in [6.07, 6.45) is -5.24. The summed E-state index contributed by atoms with van der Waals surface area (Å²) in [5.41, 5.74) is -1.86. The number of rotatable bonds is 7. The molecule has 6 nitrogen and oxygen atoms in total. The average Bonchev–Trinajstić information content (AvgIpc) is 2.90. The maximum absolute atomic E-state index is 14.7. The molecule has 10 heteroatoms. The van der Waals surface area contributed by atoms with Crippen molar-refractivity contribution in [2.45, 2.75) is 6.18 Å². The first-order valence-corrected chi connectivity index (χ1v) is 11.2. The third-order valence-electron chi connectivity index (χ3n) is 4.84. The smallest absolute Gasteiger partial charge is 0.433 e. The van der Waals surface area contributed by atoms with Crippen LogP contribution in [0.15, 0.2) is 95.5 Å². The van der Waals surface area contributed by atoms with Gasteiger partial charge in [0.1, 0.15) is 10.7 Å². The Labute approximate surface area is 209 Å². The summed E-state index contributed by atoms with van der Waals surface area (Å²) >= 11 is 0.0363. The highest BCUT2D eigenvalue weighted by Gasteiger charge is 2.46. The van der Waals surface area contributed by atoms with Gasteiger partial charge in [0.2, 0.25) is 5.12 Å². The third kappa shape index (κ3) is 6.14. The van der Waals surface area contributed by atoms with E-state index in [0.29, 0.717) is 10.6 Å². The fourth-order valence-corrected chi connectivity index (χ4v) is 4.06. The summed E-state index contributed by atoms with van der Waals surface area (Å²) in [5.74, 6) is -2.15. The Balaban J connectivity index is 2.28. The van der Waals surface area contributed by atoms with Gasteiger partial charge in [0.15, 0.2) is 5.70 Å². The molecule has 0 aliphatic carbocycles. The minimum absolute atomic E-state index is 0.0363. The van der Waals surface area contributed by atoms with Crippen molar-refractivity contribution in [2.24, 2.45) is 0 Å². The third-order valence-corrected chi connectivity index (χ3v) is 5.82. The van der Waals surface area contributed by atoms with Crippen LogP contribution in [0.4, 0.5) is 18.9 Å². The van der Waals surface area contributed by atoms with Gasteiger partial charge in [-0.1, -0.05) is 48.5 Å². The molecule has 186 valence electrons. The Kier molecular flexibility index (Phi) is 8.55. The van der Waals surface area contributed by atoms with Crippen LogP contribution in [0.25, 0.3) is 0 Å². The van der Waals surface area contributed by atoms with Gasteiger partial charge in [0.25, 0.3) is 5.91 Å². The average molecular weight is 516 g/mol. The molecule has 0 aromatic heterocycles. The number of hydrogen-bond acceptors (Lipinski definition) is 6. The number of carbonyl (C=O) groups is 3. The van der Waals surface area contributed by atoms with E-state index in [9.17, 15) is 27.6 Å². The summed E-state index contributed by atoms with van der Waals surface area (Å²) in [6, 6.07) is 20.0. The van der Waals surface area contributed by atoms with Crippen molar-refractivity contribution in [2.75, 3.05) is 19.1 Å². The van der Waals surface area contributed by atoms with Crippen LogP contribution in [0.2, 0.25) is 0 Å². The molecule has 3 aromatic rings. The van der Waals surface area contributed by atoms with Crippen LogP contribution in [0.5, 0.6) is 5.75 Å². The van der Waals surface area contributed by atoms with Crippen LogP contribution in [-0.2, 0) is 9.53 Å². The van der Waals surface area contributed by atoms with E-state index in [4.69, 9.17) is 4.74 Å². The lowest BCUT2D eigenvalue weighted by Crippen LogP contribution is -2.39. The molecule has 0 fully saturated rings. The number of benzene rings is 3. The van der Waals surface area contributed by atoms with Gasteiger partial charge >= 0.3 is 12.1 Å². The summed E-state index contributed by atoms with van der Waals surface area (Å²) in [7, 11) is 2.27. The topological polar surface area (TPSA) is 72.9 Å². The number of carbonyl (C=O) groups excluding carboxylic acids is 3. The second-order valence-corrected chi connectivity index (χ2v) is 8.11. The van der Waals surface area contributed by atoms with Crippen LogP contribution in [-0.4, -0.2) is 37.4 Å². The first-order chi connectivity index (χ1) is 17.2. The molecule has 0 radical (unpaired) electrons. The molecule has 0 heterocycles. The highest BCUT2D eigenvalue weighted by molar-refractivity contribution is 8.18. The standard InChI is InChI=1S/C26H20F3NO5S/c1-34-20-15-13-19(14-16-20)30(23(31)17-9-5-3-6-10-17)22(26(27,28)29)21(24(32)35-2)36-25(33)18-11-7-4-8-12-18/h3-16H,1-2H3/b22-21-. The largest absolute Gasteiger partial charge is 0.497 e. The summed E-state index contributed by atoms with van der Waals surface area (Å²) < 4.78 is 53.7. The maximum atomic E-state index is 14.7. The van der Waals surface area contributed by atoms with Gasteiger partial charge in [-0.15, -0.1) is 0 Å². The maximum Gasteiger partial charge on any atom is 0.433 e. The highest BCUT2D eigenvalue weighted by atomic mass is 32.2. The van der Waals surface area contributed by atoms with E-state index >= 15 is 0 Å². The molecular formula is C26H20F3NO5S. The molecule has 0 N–H and O–H groups in total. The zero-order valence-corrected chi connectivity index (χ0v) is 19.9. The van der Waals surface area contributed by atoms with Crippen molar-refractivity contribution in [1.29, 1.82) is 0 Å². The highest BCUT2D eigenvalue weighted by Crippen LogP contribution is 2.40. The second-order valence-electron chi connectivity index (χ2n) is 7.13. The quantitative estimate of drug-likeness (QED) is 0.290. The number of alkyl halides is 3. The van der Waals surface area contributed by atoms with Crippen molar-refractivity contribution in [1.82, 2.24) is 0 Å². The van der Waals surface area contributed by atoms with E-state index in [1.54, 1.807) is 12.1 Å². The van der Waals surface area contributed by atoms with Gasteiger partial charge in [-0.05, 0) is 48.2 Å². The van der Waals surface area contributed by atoms with Gasteiger partial charge in [0, 0.05) is 16.8 Å². The van der Waals surface area contributed by atoms with Gasteiger partial charge < -0.3 is 9.47 Å². The molecular weight excluding hydrogens is 495 g/mol. The van der Waals surface area contributed by atoms with Crippen molar-refractivity contribution in [3.05, 3.63) is 107 Å². The van der Waals surface area contributed by atoms with E-state index in [0.717, 1.165) is 7.11 Å². The number of allylic oxidation sites excluding steroid dienone is 1. The van der Waals surface area contributed by atoms with Crippen molar-refractivity contribution in [3.63, 3.8) is 0 Å².